The van der Waals surface area contributed by atoms with E-state index in [1.165, 1.54) is 44.9 Å². The Morgan fingerprint density at radius 2 is 1.12 bits per heavy atom. The second-order valence-electron chi connectivity index (χ2n) is 7.47. The Morgan fingerprint density at radius 1 is 0.731 bits per heavy atom. The van der Waals surface area contributed by atoms with Crippen molar-refractivity contribution in [2.45, 2.75) is 128 Å². The number of aliphatic hydroxyl groups excluding tert-OH is 1. The smallest absolute Gasteiger partial charge is 0.748 e. The number of aliphatic hydroxyl groups is 1. The molecule has 0 amide bonds. The SMILES string of the molecule is CCCCCCCCCCCCC(CC(O)CCCCC)S(=O)(=O)[O-].[K+]. The molecule has 6 heteroatoms. The molecule has 2 atom stereocenters. The van der Waals surface area contributed by atoms with Crippen LogP contribution in [0.2, 0.25) is 0 Å². The van der Waals surface area contributed by atoms with Gasteiger partial charge in [-0.3, -0.25) is 0 Å². The van der Waals surface area contributed by atoms with Crippen molar-refractivity contribution in [1.82, 2.24) is 0 Å². The first-order chi connectivity index (χ1) is 11.9. The Bertz CT molecular complexity index is 387. The third kappa shape index (κ3) is 18.9. The monoisotopic (exact) mass is 416 g/mol. The van der Waals surface area contributed by atoms with E-state index in [0.717, 1.165) is 38.5 Å². The van der Waals surface area contributed by atoms with E-state index >= 15 is 0 Å². The summed E-state index contributed by atoms with van der Waals surface area (Å²) < 4.78 is 34.3. The van der Waals surface area contributed by atoms with E-state index in [0.29, 0.717) is 12.8 Å². The molecule has 1 N–H and O–H groups in total. The van der Waals surface area contributed by atoms with Crippen LogP contribution in [0.3, 0.4) is 0 Å². The van der Waals surface area contributed by atoms with Crippen LogP contribution < -0.4 is 51.4 Å². The van der Waals surface area contributed by atoms with Gasteiger partial charge >= 0.3 is 51.4 Å². The Labute approximate surface area is 205 Å². The largest absolute Gasteiger partial charge is 1.00 e. The summed E-state index contributed by atoms with van der Waals surface area (Å²) in [5.74, 6) is 0. The molecule has 2 unspecified atom stereocenters. The summed E-state index contributed by atoms with van der Waals surface area (Å²) in [5, 5.41) is 9.05. The Balaban J connectivity index is 0. The van der Waals surface area contributed by atoms with Crippen molar-refractivity contribution >= 4 is 10.1 Å². The van der Waals surface area contributed by atoms with Crippen LogP contribution in [0.25, 0.3) is 0 Å². The summed E-state index contributed by atoms with van der Waals surface area (Å²) in [5.41, 5.74) is 0. The molecule has 0 rings (SSSR count). The van der Waals surface area contributed by atoms with Gasteiger partial charge in [0, 0.05) is 0 Å². The van der Waals surface area contributed by atoms with Gasteiger partial charge in [-0.1, -0.05) is 97.3 Å². The Hall–Kier alpha value is 1.51. The maximum atomic E-state index is 11.4. The number of hydrogen-bond acceptors (Lipinski definition) is 4. The van der Waals surface area contributed by atoms with Crippen molar-refractivity contribution < 1.29 is 69.5 Å². The minimum atomic E-state index is -4.31. The molecule has 0 aromatic heterocycles. The molecule has 0 saturated heterocycles. The van der Waals surface area contributed by atoms with Gasteiger partial charge in [0.1, 0.15) is 0 Å². The molecule has 0 spiro atoms. The summed E-state index contributed by atoms with van der Waals surface area (Å²) in [6, 6.07) is 0. The molecule has 26 heavy (non-hydrogen) atoms. The van der Waals surface area contributed by atoms with E-state index in [1.54, 1.807) is 0 Å². The molecule has 0 aliphatic carbocycles. The van der Waals surface area contributed by atoms with Crippen LogP contribution in [0.4, 0.5) is 0 Å². The molecular formula is C20H41KO4S. The first-order valence-electron chi connectivity index (χ1n) is 10.5. The molecule has 0 aromatic carbocycles. The first kappa shape index (κ1) is 29.7. The molecule has 0 fully saturated rings. The van der Waals surface area contributed by atoms with Crippen molar-refractivity contribution in [2.75, 3.05) is 0 Å². The second-order valence-corrected chi connectivity index (χ2v) is 9.12. The van der Waals surface area contributed by atoms with Crippen LogP contribution in [-0.2, 0) is 10.1 Å². The summed E-state index contributed by atoms with van der Waals surface area (Å²) in [6.07, 6.45) is 15.3. The number of rotatable bonds is 18. The van der Waals surface area contributed by atoms with Crippen LogP contribution in [-0.4, -0.2) is 29.4 Å². The third-order valence-corrected chi connectivity index (χ3v) is 6.21. The second kappa shape index (κ2) is 19.8. The van der Waals surface area contributed by atoms with Crippen LogP contribution in [0.5, 0.6) is 0 Å². The van der Waals surface area contributed by atoms with Crippen molar-refractivity contribution in [1.29, 1.82) is 0 Å². The topological polar surface area (TPSA) is 77.4 Å². The first-order valence-corrected chi connectivity index (χ1v) is 12.0. The van der Waals surface area contributed by atoms with Crippen LogP contribution in [0.1, 0.15) is 117 Å². The van der Waals surface area contributed by atoms with Crippen LogP contribution in [0.15, 0.2) is 0 Å². The van der Waals surface area contributed by atoms with E-state index in [4.69, 9.17) is 0 Å². The molecule has 0 saturated carbocycles. The van der Waals surface area contributed by atoms with E-state index in [9.17, 15) is 18.1 Å². The normalized spacial score (nSPS) is 14.0. The van der Waals surface area contributed by atoms with E-state index in [-0.39, 0.29) is 57.8 Å². The fourth-order valence-corrected chi connectivity index (χ4v) is 4.20. The Morgan fingerprint density at radius 3 is 1.58 bits per heavy atom. The molecule has 4 nitrogen and oxygen atoms in total. The van der Waals surface area contributed by atoms with Gasteiger partial charge < -0.3 is 9.66 Å². The van der Waals surface area contributed by atoms with Crippen molar-refractivity contribution in [3.05, 3.63) is 0 Å². The molecule has 0 heterocycles. The third-order valence-electron chi connectivity index (χ3n) is 4.96. The van der Waals surface area contributed by atoms with Gasteiger partial charge in [-0.15, -0.1) is 0 Å². The van der Waals surface area contributed by atoms with Gasteiger partial charge in [0.05, 0.1) is 21.5 Å². The molecule has 0 bridgehead atoms. The molecular weight excluding hydrogens is 375 g/mol. The van der Waals surface area contributed by atoms with Crippen molar-refractivity contribution in [3.8, 4) is 0 Å². The molecule has 152 valence electrons. The van der Waals surface area contributed by atoms with Crippen LogP contribution in [0, 0.1) is 0 Å². The van der Waals surface area contributed by atoms with Gasteiger partial charge in [0.15, 0.2) is 0 Å². The predicted molar refractivity (Wildman–Crippen MR) is 105 cm³/mol. The maximum Gasteiger partial charge on any atom is 1.00 e. The number of unbranched alkanes of at least 4 members (excludes halogenated alkanes) is 11. The molecule has 0 aromatic rings. The van der Waals surface area contributed by atoms with Gasteiger partial charge in [0.25, 0.3) is 0 Å². The standard InChI is InChI=1S/C20H42O4S.K/c1-3-5-7-8-9-10-11-12-13-15-17-20(25(22,23)24)18-19(21)16-14-6-4-2;/h19-21H,3-18H2,1-2H3,(H,22,23,24);/q;+1/p-1. The summed E-state index contributed by atoms with van der Waals surface area (Å²) >= 11 is 0. The minimum absolute atomic E-state index is 0. The van der Waals surface area contributed by atoms with Gasteiger partial charge in [0.2, 0.25) is 0 Å². The zero-order valence-corrected chi connectivity index (χ0v) is 21.5. The molecule has 0 aliphatic rings. The summed E-state index contributed by atoms with van der Waals surface area (Å²) in [4.78, 5) is 0. The quantitative estimate of drug-likeness (QED) is 0.212. The van der Waals surface area contributed by atoms with Crippen LogP contribution >= 0.6 is 0 Å². The minimum Gasteiger partial charge on any atom is -0.748 e. The molecule has 0 radical (unpaired) electrons. The van der Waals surface area contributed by atoms with Crippen molar-refractivity contribution in [3.63, 3.8) is 0 Å². The van der Waals surface area contributed by atoms with Gasteiger partial charge in [-0.2, -0.15) is 0 Å². The summed E-state index contributed by atoms with van der Waals surface area (Å²) in [7, 11) is -4.31. The zero-order valence-electron chi connectivity index (χ0n) is 17.5. The zero-order chi connectivity index (χ0) is 19.0. The van der Waals surface area contributed by atoms with E-state index < -0.39 is 21.5 Å². The average Bonchev–Trinajstić information content (AvgIpc) is 2.54. The molecule has 0 aliphatic heterocycles. The van der Waals surface area contributed by atoms with E-state index in [1.807, 2.05) is 0 Å². The van der Waals surface area contributed by atoms with Crippen molar-refractivity contribution in [2.24, 2.45) is 0 Å². The average molecular weight is 417 g/mol. The maximum absolute atomic E-state index is 11.4. The fourth-order valence-electron chi connectivity index (χ4n) is 3.29. The van der Waals surface area contributed by atoms with Gasteiger partial charge in [-0.05, 0) is 19.3 Å². The van der Waals surface area contributed by atoms with Gasteiger partial charge in [-0.25, -0.2) is 8.42 Å². The number of hydrogen-bond donors (Lipinski definition) is 1. The summed E-state index contributed by atoms with van der Waals surface area (Å²) in [6.45, 7) is 4.31. The van der Waals surface area contributed by atoms with E-state index in [2.05, 4.69) is 13.8 Å². The predicted octanol–water partition coefficient (Wildman–Crippen LogP) is 2.55. The fraction of sp³-hybridized carbons (Fsp3) is 1.00. The Kier molecular flexibility index (Phi) is 22.6.